The molecular formula is C29H34ClFN4O5. The van der Waals surface area contributed by atoms with Crippen molar-refractivity contribution in [3.63, 3.8) is 0 Å². The van der Waals surface area contributed by atoms with Gasteiger partial charge in [0.2, 0.25) is 0 Å². The second-order valence-corrected chi connectivity index (χ2v) is 12.7. The van der Waals surface area contributed by atoms with Crippen LogP contribution in [0.15, 0.2) is 34.7 Å². The fourth-order valence-corrected chi connectivity index (χ4v) is 4.84. The Morgan fingerprint density at radius 3 is 2.35 bits per heavy atom. The predicted molar refractivity (Wildman–Crippen MR) is 150 cm³/mol. The molecule has 0 atom stereocenters. The molecule has 3 amide bonds. The minimum absolute atomic E-state index is 0.0165. The molecule has 1 aliphatic rings. The standard InChI is InChI=1S/C29H34ClFN4O5/c1-27(2,3)17-13-20(16-8-9-18(30)19(31)12-16)32-21-14-22(40-23(17)21)24(36)35-11-10-34(15-28(35,4)5)26(39)33-29(6,7)25(37)38/h8-9,12-14H,10-11,15H2,1-7H3,(H,33,39)(H,37,38). The third-order valence-corrected chi connectivity index (χ3v) is 7.41. The topological polar surface area (TPSA) is 116 Å². The summed E-state index contributed by atoms with van der Waals surface area (Å²) in [4.78, 5) is 45.8. The smallest absolute Gasteiger partial charge is 0.328 e. The van der Waals surface area contributed by atoms with Crippen LogP contribution in [0.2, 0.25) is 5.02 Å². The van der Waals surface area contributed by atoms with Crippen molar-refractivity contribution in [3.8, 4) is 11.3 Å². The lowest BCUT2D eigenvalue weighted by molar-refractivity contribution is -0.143. The fraction of sp³-hybridized carbons (Fsp3) is 0.448. The van der Waals surface area contributed by atoms with E-state index >= 15 is 0 Å². The van der Waals surface area contributed by atoms with E-state index in [1.807, 2.05) is 40.7 Å². The Balaban J connectivity index is 1.65. The second kappa shape index (κ2) is 10.1. The highest BCUT2D eigenvalue weighted by Crippen LogP contribution is 2.36. The number of aliphatic carboxylic acids is 1. The van der Waals surface area contributed by atoms with Crippen LogP contribution in [0.4, 0.5) is 9.18 Å². The molecule has 1 aromatic carbocycles. The van der Waals surface area contributed by atoms with Gasteiger partial charge >= 0.3 is 12.0 Å². The number of carbonyl (C=O) groups excluding carboxylic acids is 2. The third-order valence-electron chi connectivity index (χ3n) is 7.10. The Labute approximate surface area is 237 Å². The zero-order valence-corrected chi connectivity index (χ0v) is 24.4. The van der Waals surface area contributed by atoms with Crippen LogP contribution in [-0.4, -0.2) is 68.5 Å². The number of urea groups is 1. The van der Waals surface area contributed by atoms with Crippen molar-refractivity contribution in [2.75, 3.05) is 19.6 Å². The summed E-state index contributed by atoms with van der Waals surface area (Å²) < 4.78 is 20.3. The van der Waals surface area contributed by atoms with Crippen molar-refractivity contribution in [1.29, 1.82) is 0 Å². The highest BCUT2D eigenvalue weighted by Gasteiger charge is 2.41. The molecule has 1 fully saturated rings. The molecule has 3 aromatic rings. The zero-order valence-electron chi connectivity index (χ0n) is 23.7. The maximum atomic E-state index is 14.2. The lowest BCUT2D eigenvalue weighted by Gasteiger charge is -2.47. The molecule has 0 aliphatic carbocycles. The molecule has 2 aromatic heterocycles. The molecule has 40 heavy (non-hydrogen) atoms. The van der Waals surface area contributed by atoms with Gasteiger partial charge in [0.25, 0.3) is 5.91 Å². The molecule has 9 nitrogen and oxygen atoms in total. The first-order chi connectivity index (χ1) is 18.4. The fourth-order valence-electron chi connectivity index (χ4n) is 4.73. The van der Waals surface area contributed by atoms with E-state index in [2.05, 4.69) is 10.3 Å². The second-order valence-electron chi connectivity index (χ2n) is 12.3. The lowest BCUT2D eigenvalue weighted by Crippen LogP contribution is -2.65. The number of carbonyl (C=O) groups is 3. The van der Waals surface area contributed by atoms with Crippen molar-refractivity contribution in [2.45, 2.75) is 65.0 Å². The molecule has 0 bridgehead atoms. The van der Waals surface area contributed by atoms with E-state index in [9.17, 15) is 23.9 Å². The van der Waals surface area contributed by atoms with Crippen LogP contribution in [0.3, 0.4) is 0 Å². The monoisotopic (exact) mass is 572 g/mol. The Kier molecular flexibility index (Phi) is 7.38. The molecule has 0 saturated carbocycles. The summed E-state index contributed by atoms with van der Waals surface area (Å²) in [6.45, 7) is 13.2. The molecule has 11 heteroatoms. The van der Waals surface area contributed by atoms with E-state index in [1.165, 1.54) is 30.9 Å². The maximum absolute atomic E-state index is 14.2. The number of piperazine rings is 1. The number of carboxylic acid groups (broad SMARTS) is 1. The number of benzene rings is 1. The number of fused-ring (bicyclic) bond motifs is 1. The van der Waals surface area contributed by atoms with E-state index < -0.39 is 28.9 Å². The minimum Gasteiger partial charge on any atom is -0.480 e. The molecule has 1 saturated heterocycles. The zero-order chi connectivity index (χ0) is 29.8. The predicted octanol–water partition coefficient (Wildman–Crippen LogP) is 5.69. The normalized spacial score (nSPS) is 15.8. The number of hydrogen-bond acceptors (Lipinski definition) is 5. The Morgan fingerprint density at radius 1 is 1.10 bits per heavy atom. The van der Waals surface area contributed by atoms with E-state index in [-0.39, 0.29) is 41.7 Å². The summed E-state index contributed by atoms with van der Waals surface area (Å²) in [6, 6.07) is 7.40. The molecule has 4 rings (SSSR count). The number of amides is 3. The van der Waals surface area contributed by atoms with Crippen molar-refractivity contribution in [3.05, 3.63) is 52.5 Å². The van der Waals surface area contributed by atoms with Crippen LogP contribution in [0, 0.1) is 5.82 Å². The van der Waals surface area contributed by atoms with Crippen LogP contribution in [0.25, 0.3) is 22.4 Å². The minimum atomic E-state index is -1.43. The number of nitrogens with one attached hydrogen (secondary N) is 1. The van der Waals surface area contributed by atoms with E-state index in [1.54, 1.807) is 17.0 Å². The van der Waals surface area contributed by atoms with Gasteiger partial charge in [0.05, 0.1) is 16.3 Å². The van der Waals surface area contributed by atoms with Crippen LogP contribution in [-0.2, 0) is 10.2 Å². The average Bonchev–Trinajstić information content (AvgIpc) is 3.27. The number of hydrogen-bond donors (Lipinski definition) is 2. The highest BCUT2D eigenvalue weighted by molar-refractivity contribution is 6.30. The lowest BCUT2D eigenvalue weighted by atomic mass is 9.86. The molecular weight excluding hydrogens is 539 g/mol. The molecule has 0 spiro atoms. The Morgan fingerprint density at radius 2 is 1.77 bits per heavy atom. The van der Waals surface area contributed by atoms with Gasteiger partial charge in [-0.2, -0.15) is 0 Å². The summed E-state index contributed by atoms with van der Waals surface area (Å²) >= 11 is 5.87. The van der Waals surface area contributed by atoms with Crippen molar-refractivity contribution in [2.24, 2.45) is 0 Å². The van der Waals surface area contributed by atoms with E-state index in [0.717, 1.165) is 5.56 Å². The van der Waals surface area contributed by atoms with Crippen molar-refractivity contribution >= 4 is 40.6 Å². The van der Waals surface area contributed by atoms with Crippen LogP contribution in [0.5, 0.6) is 0 Å². The van der Waals surface area contributed by atoms with Crippen molar-refractivity contribution < 1.29 is 28.3 Å². The van der Waals surface area contributed by atoms with Crippen LogP contribution < -0.4 is 5.32 Å². The molecule has 1 aliphatic heterocycles. The quantitative estimate of drug-likeness (QED) is 0.415. The molecule has 2 N–H and O–H groups in total. The highest BCUT2D eigenvalue weighted by atomic mass is 35.5. The van der Waals surface area contributed by atoms with Crippen LogP contribution >= 0.6 is 11.6 Å². The maximum Gasteiger partial charge on any atom is 0.328 e. The number of halogens is 2. The largest absolute Gasteiger partial charge is 0.480 e. The summed E-state index contributed by atoms with van der Waals surface area (Å²) in [5.41, 5.74) is 0.239. The SMILES string of the molecule is CC(C)(NC(=O)N1CCN(C(=O)c2cc3nc(-c4ccc(Cl)c(F)c4)cc(C(C)(C)C)c3o2)C(C)(C)C1)C(=O)O. The third kappa shape index (κ3) is 5.63. The Bertz CT molecular complexity index is 1510. The van der Waals surface area contributed by atoms with E-state index in [0.29, 0.717) is 22.4 Å². The number of aromatic nitrogens is 1. The van der Waals surface area contributed by atoms with Gasteiger partial charge in [-0.3, -0.25) is 4.79 Å². The first-order valence-corrected chi connectivity index (χ1v) is 13.3. The molecule has 0 radical (unpaired) electrons. The van der Waals surface area contributed by atoms with Crippen molar-refractivity contribution in [1.82, 2.24) is 20.1 Å². The summed E-state index contributed by atoms with van der Waals surface area (Å²) in [5, 5.41) is 11.9. The first-order valence-electron chi connectivity index (χ1n) is 12.9. The number of pyridine rings is 1. The number of nitrogens with zero attached hydrogens (tertiary/aromatic N) is 3. The van der Waals surface area contributed by atoms with Gasteiger partial charge in [0.15, 0.2) is 11.3 Å². The number of carboxylic acids is 1. The number of furan rings is 1. The summed E-state index contributed by atoms with van der Waals surface area (Å²) in [7, 11) is 0. The van der Waals surface area contributed by atoms with Gasteiger partial charge in [-0.15, -0.1) is 0 Å². The Hall–Kier alpha value is -3.66. The van der Waals surface area contributed by atoms with Gasteiger partial charge in [0.1, 0.15) is 16.9 Å². The van der Waals surface area contributed by atoms with Crippen LogP contribution in [0.1, 0.15) is 64.6 Å². The number of rotatable bonds is 4. The van der Waals surface area contributed by atoms with Gasteiger partial charge in [0, 0.05) is 36.8 Å². The molecule has 0 unspecified atom stereocenters. The van der Waals surface area contributed by atoms with Gasteiger partial charge in [-0.05, 0) is 51.3 Å². The molecule has 214 valence electrons. The first kappa shape index (κ1) is 29.3. The van der Waals surface area contributed by atoms with Gasteiger partial charge < -0.3 is 24.6 Å². The summed E-state index contributed by atoms with van der Waals surface area (Å²) in [6.07, 6.45) is 0. The summed E-state index contributed by atoms with van der Waals surface area (Å²) in [5.74, 6) is -1.95. The van der Waals surface area contributed by atoms with E-state index in [4.69, 9.17) is 16.0 Å². The van der Waals surface area contributed by atoms with Gasteiger partial charge in [-0.25, -0.2) is 19.0 Å². The van der Waals surface area contributed by atoms with Gasteiger partial charge in [-0.1, -0.05) is 38.4 Å². The average molecular weight is 573 g/mol. The molecule has 3 heterocycles.